The molecule has 2 aliphatic heterocycles. The Bertz CT molecular complexity index is 263. The van der Waals surface area contributed by atoms with E-state index in [1.807, 2.05) is 0 Å². The van der Waals surface area contributed by atoms with Gasteiger partial charge in [0.05, 0.1) is 25.4 Å². The van der Waals surface area contributed by atoms with Crippen LogP contribution in [-0.2, 0) is 9.47 Å². The first-order chi connectivity index (χ1) is 9.17. The average molecular weight is 271 g/mol. The quantitative estimate of drug-likeness (QED) is 0.763. The number of nitrogens with two attached hydrogens (primary N) is 1. The maximum Gasteiger partial charge on any atom is 0.0829 e. The van der Waals surface area contributed by atoms with Crippen LogP contribution in [0.2, 0.25) is 0 Å². The molecular weight excluding hydrogens is 242 g/mol. The molecule has 0 saturated carbocycles. The highest BCUT2D eigenvalue weighted by Crippen LogP contribution is 2.11. The van der Waals surface area contributed by atoms with Gasteiger partial charge in [-0.25, -0.2) is 0 Å². The molecule has 19 heavy (non-hydrogen) atoms. The van der Waals surface area contributed by atoms with Crippen LogP contribution in [0.5, 0.6) is 0 Å². The van der Waals surface area contributed by atoms with Gasteiger partial charge < -0.3 is 15.2 Å². The largest absolute Gasteiger partial charge is 0.374 e. The van der Waals surface area contributed by atoms with E-state index >= 15 is 0 Å². The maximum atomic E-state index is 5.91. The van der Waals surface area contributed by atoms with E-state index in [1.54, 1.807) is 0 Å². The molecular formula is C14H29N3O2. The molecule has 2 N–H and O–H groups in total. The molecule has 2 heterocycles. The molecule has 2 unspecified atom stereocenters. The fourth-order valence-corrected chi connectivity index (χ4v) is 2.95. The Kier molecular flexibility index (Phi) is 6.04. The zero-order chi connectivity index (χ0) is 13.7. The summed E-state index contributed by atoms with van der Waals surface area (Å²) in [5.74, 6) is 0.726. The standard InChI is InChI=1S/C14H29N3O2/c1-12(2)8-16-3-6-19-14(10-16)11-17-4-5-18-13(7-15)9-17/h12-14H,3-11,15H2,1-2H3. The summed E-state index contributed by atoms with van der Waals surface area (Å²) in [6, 6.07) is 0. The van der Waals surface area contributed by atoms with Gasteiger partial charge in [-0.2, -0.15) is 0 Å². The Morgan fingerprint density at radius 2 is 1.68 bits per heavy atom. The van der Waals surface area contributed by atoms with Crippen molar-refractivity contribution >= 4 is 0 Å². The third kappa shape index (κ3) is 5.00. The van der Waals surface area contributed by atoms with Crippen molar-refractivity contribution in [2.45, 2.75) is 26.1 Å². The highest BCUT2D eigenvalue weighted by Gasteiger charge is 2.26. The van der Waals surface area contributed by atoms with Gasteiger partial charge in [-0.15, -0.1) is 0 Å². The lowest BCUT2D eigenvalue weighted by molar-refractivity contribution is -0.0737. The molecule has 0 bridgehead atoms. The second-order valence-electron chi connectivity index (χ2n) is 6.13. The van der Waals surface area contributed by atoms with Gasteiger partial charge >= 0.3 is 0 Å². The summed E-state index contributed by atoms with van der Waals surface area (Å²) in [5.41, 5.74) is 5.68. The van der Waals surface area contributed by atoms with Gasteiger partial charge in [-0.3, -0.25) is 9.80 Å². The van der Waals surface area contributed by atoms with Crippen LogP contribution in [0.4, 0.5) is 0 Å². The van der Waals surface area contributed by atoms with Crippen LogP contribution < -0.4 is 5.73 Å². The number of morpholine rings is 2. The Balaban J connectivity index is 1.75. The van der Waals surface area contributed by atoms with Crippen molar-refractivity contribution in [3.05, 3.63) is 0 Å². The molecule has 5 nitrogen and oxygen atoms in total. The van der Waals surface area contributed by atoms with Gasteiger partial charge in [0.1, 0.15) is 0 Å². The number of hydrogen-bond donors (Lipinski definition) is 1. The molecule has 2 atom stereocenters. The fraction of sp³-hybridized carbons (Fsp3) is 1.00. The lowest BCUT2D eigenvalue weighted by Gasteiger charge is -2.38. The molecule has 0 aromatic heterocycles. The topological polar surface area (TPSA) is 51.0 Å². The van der Waals surface area contributed by atoms with Crippen molar-refractivity contribution in [2.24, 2.45) is 11.7 Å². The minimum Gasteiger partial charge on any atom is -0.374 e. The second kappa shape index (κ2) is 7.55. The first-order valence-electron chi connectivity index (χ1n) is 7.55. The van der Waals surface area contributed by atoms with Crippen LogP contribution in [0.3, 0.4) is 0 Å². The Morgan fingerprint density at radius 3 is 2.37 bits per heavy atom. The zero-order valence-corrected chi connectivity index (χ0v) is 12.4. The Labute approximate surface area is 117 Å². The van der Waals surface area contributed by atoms with Gasteiger partial charge in [-0.05, 0) is 5.92 Å². The molecule has 2 fully saturated rings. The fourth-order valence-electron chi connectivity index (χ4n) is 2.95. The molecule has 2 saturated heterocycles. The van der Waals surface area contributed by atoms with E-state index in [4.69, 9.17) is 15.2 Å². The Morgan fingerprint density at radius 1 is 1.05 bits per heavy atom. The summed E-state index contributed by atoms with van der Waals surface area (Å²) in [6.45, 7) is 13.1. The van der Waals surface area contributed by atoms with E-state index in [0.29, 0.717) is 12.6 Å². The Hall–Kier alpha value is -0.200. The summed E-state index contributed by atoms with van der Waals surface area (Å²) >= 11 is 0. The molecule has 5 heteroatoms. The molecule has 0 aromatic rings. The number of ether oxygens (including phenoxy) is 2. The van der Waals surface area contributed by atoms with Crippen LogP contribution in [-0.4, -0.2) is 81.0 Å². The van der Waals surface area contributed by atoms with Crippen LogP contribution in [0, 0.1) is 5.92 Å². The van der Waals surface area contributed by atoms with Gasteiger partial charge in [0.15, 0.2) is 0 Å². The summed E-state index contributed by atoms with van der Waals surface area (Å²) in [7, 11) is 0. The van der Waals surface area contributed by atoms with E-state index < -0.39 is 0 Å². The molecule has 0 amide bonds. The molecule has 2 rings (SSSR count). The lowest BCUT2D eigenvalue weighted by atomic mass is 10.1. The summed E-state index contributed by atoms with van der Waals surface area (Å²) < 4.78 is 11.5. The average Bonchev–Trinajstić information content (AvgIpc) is 2.38. The summed E-state index contributed by atoms with van der Waals surface area (Å²) in [5, 5.41) is 0. The van der Waals surface area contributed by atoms with Crippen molar-refractivity contribution in [1.82, 2.24) is 9.80 Å². The highest BCUT2D eigenvalue weighted by molar-refractivity contribution is 4.79. The van der Waals surface area contributed by atoms with Crippen molar-refractivity contribution < 1.29 is 9.47 Å². The molecule has 2 aliphatic rings. The van der Waals surface area contributed by atoms with Gasteiger partial charge in [0.2, 0.25) is 0 Å². The summed E-state index contributed by atoms with van der Waals surface area (Å²) in [4.78, 5) is 4.96. The van der Waals surface area contributed by atoms with Crippen LogP contribution in [0.15, 0.2) is 0 Å². The van der Waals surface area contributed by atoms with Crippen LogP contribution in [0.25, 0.3) is 0 Å². The van der Waals surface area contributed by atoms with Gasteiger partial charge in [0.25, 0.3) is 0 Å². The third-order valence-electron chi connectivity index (χ3n) is 3.79. The smallest absolute Gasteiger partial charge is 0.0829 e. The molecule has 0 aromatic carbocycles. The maximum absolute atomic E-state index is 5.91. The number of hydrogen-bond acceptors (Lipinski definition) is 5. The van der Waals surface area contributed by atoms with Crippen molar-refractivity contribution in [3.8, 4) is 0 Å². The van der Waals surface area contributed by atoms with Crippen molar-refractivity contribution in [3.63, 3.8) is 0 Å². The van der Waals surface area contributed by atoms with Crippen LogP contribution >= 0.6 is 0 Å². The van der Waals surface area contributed by atoms with E-state index in [2.05, 4.69) is 23.6 Å². The number of nitrogens with zero attached hydrogens (tertiary/aromatic N) is 2. The molecule has 112 valence electrons. The van der Waals surface area contributed by atoms with Gasteiger partial charge in [-0.1, -0.05) is 13.8 Å². The van der Waals surface area contributed by atoms with Crippen LogP contribution in [0.1, 0.15) is 13.8 Å². The predicted molar refractivity (Wildman–Crippen MR) is 76.3 cm³/mol. The highest BCUT2D eigenvalue weighted by atomic mass is 16.5. The van der Waals surface area contributed by atoms with Gasteiger partial charge in [0, 0.05) is 45.8 Å². The predicted octanol–water partition coefficient (Wildman–Crippen LogP) is 0.00270. The minimum atomic E-state index is 0.198. The molecule has 0 aliphatic carbocycles. The minimum absolute atomic E-state index is 0.198. The monoisotopic (exact) mass is 271 g/mol. The normalized spacial score (nSPS) is 30.9. The van der Waals surface area contributed by atoms with Crippen molar-refractivity contribution in [1.29, 1.82) is 0 Å². The van der Waals surface area contributed by atoms with E-state index in [-0.39, 0.29) is 6.10 Å². The first-order valence-corrected chi connectivity index (χ1v) is 7.55. The van der Waals surface area contributed by atoms with E-state index in [1.165, 1.54) is 6.54 Å². The SMILES string of the molecule is CC(C)CN1CCOC(CN2CCOC(CN)C2)C1. The third-order valence-corrected chi connectivity index (χ3v) is 3.79. The van der Waals surface area contributed by atoms with E-state index in [9.17, 15) is 0 Å². The molecule has 0 spiro atoms. The van der Waals surface area contributed by atoms with Crippen molar-refractivity contribution in [2.75, 3.05) is 59.0 Å². The summed E-state index contributed by atoms with van der Waals surface area (Å²) in [6.07, 6.45) is 0.535. The first kappa shape index (κ1) is 15.2. The lowest BCUT2D eigenvalue weighted by Crippen LogP contribution is -2.52. The molecule has 0 radical (unpaired) electrons. The second-order valence-corrected chi connectivity index (χ2v) is 6.13. The number of rotatable bonds is 5. The zero-order valence-electron chi connectivity index (χ0n) is 12.4. The van der Waals surface area contributed by atoms with E-state index in [0.717, 1.165) is 51.9 Å².